The predicted molar refractivity (Wildman–Crippen MR) is 141 cm³/mol. The fourth-order valence-corrected chi connectivity index (χ4v) is 4.98. The average molecular weight is 525 g/mol. The Morgan fingerprint density at radius 3 is 2.23 bits per heavy atom. The van der Waals surface area contributed by atoms with E-state index in [4.69, 9.17) is 9.47 Å². The number of carbonyl (C=O) groups is 3. The first-order valence-corrected chi connectivity index (χ1v) is 12.3. The van der Waals surface area contributed by atoms with Gasteiger partial charge in [-0.2, -0.15) is 5.10 Å². The molecule has 3 N–H and O–H groups in total. The van der Waals surface area contributed by atoms with Gasteiger partial charge in [-0.15, -0.1) is 0 Å². The summed E-state index contributed by atoms with van der Waals surface area (Å²) in [7, 11) is 1.63. The van der Waals surface area contributed by atoms with Gasteiger partial charge in [-0.3, -0.25) is 25.3 Å². The highest BCUT2D eigenvalue weighted by atomic mass is 16.5. The van der Waals surface area contributed by atoms with Gasteiger partial charge in [-0.05, 0) is 79.1 Å². The summed E-state index contributed by atoms with van der Waals surface area (Å²) in [5, 5.41) is 11.9. The number of aromatic amines is 1. The number of urea groups is 1. The van der Waals surface area contributed by atoms with E-state index in [-0.39, 0.29) is 0 Å². The third-order valence-electron chi connectivity index (χ3n) is 6.97. The third kappa shape index (κ3) is 4.33. The molecule has 4 amide bonds. The molecule has 39 heavy (non-hydrogen) atoms. The van der Waals surface area contributed by atoms with Crippen LogP contribution in [0.1, 0.15) is 12.8 Å². The number of hydrogen-bond acceptors (Lipinski definition) is 8. The van der Waals surface area contributed by atoms with Gasteiger partial charge < -0.3 is 14.4 Å². The highest BCUT2D eigenvalue weighted by Crippen LogP contribution is 2.36. The summed E-state index contributed by atoms with van der Waals surface area (Å²) in [5.74, 6) is 0.493. The van der Waals surface area contributed by atoms with Crippen LogP contribution in [-0.4, -0.2) is 52.2 Å². The molecule has 0 unspecified atom stereocenters. The van der Waals surface area contributed by atoms with E-state index in [9.17, 15) is 14.4 Å². The summed E-state index contributed by atoms with van der Waals surface area (Å²) in [4.78, 5) is 42.9. The van der Waals surface area contributed by atoms with E-state index in [0.29, 0.717) is 36.7 Å². The van der Waals surface area contributed by atoms with Crippen molar-refractivity contribution in [1.29, 1.82) is 0 Å². The number of hydrogen-bond donors (Lipinski definition) is 3. The standard InChI is InChI=1S/C28H24N6O5/c1-38-20-8-3-17(4-9-20)22-15-23(33-32-22)18-5-10-21(11-6-18)39-24-12-7-19(16-29-24)34-14-2-13-28(34)25(35)30-27(37)31-26(28)36/h3-12,15-16H,2,13-14H2,1H3,(H,32,33)(H2,30,31,35,36,37). The maximum Gasteiger partial charge on any atom is 0.328 e. The number of aromatic nitrogens is 3. The Morgan fingerprint density at radius 2 is 1.56 bits per heavy atom. The second kappa shape index (κ2) is 9.60. The van der Waals surface area contributed by atoms with E-state index in [1.807, 2.05) is 54.6 Å². The SMILES string of the molecule is COc1ccc(-c2cc(-c3ccc(Oc4ccc(N5CCCC56C(=O)NC(=O)NC6=O)cn4)cc3)[nH]n2)cc1. The maximum atomic E-state index is 12.7. The first-order valence-electron chi connectivity index (χ1n) is 12.3. The van der Waals surface area contributed by atoms with Crippen LogP contribution in [0, 0.1) is 0 Å². The monoisotopic (exact) mass is 524 g/mol. The lowest BCUT2D eigenvalue weighted by Crippen LogP contribution is -2.71. The van der Waals surface area contributed by atoms with E-state index in [1.165, 1.54) is 0 Å². The number of benzene rings is 2. The second-order valence-electron chi connectivity index (χ2n) is 9.23. The number of imide groups is 2. The fraction of sp³-hybridized carbons (Fsp3) is 0.179. The molecule has 0 bridgehead atoms. The van der Waals surface area contributed by atoms with E-state index in [2.05, 4.69) is 25.8 Å². The molecular weight excluding hydrogens is 500 g/mol. The third-order valence-corrected chi connectivity index (χ3v) is 6.97. The minimum Gasteiger partial charge on any atom is -0.497 e. The zero-order valence-corrected chi connectivity index (χ0v) is 20.9. The van der Waals surface area contributed by atoms with Crippen molar-refractivity contribution in [2.75, 3.05) is 18.6 Å². The first kappa shape index (κ1) is 24.2. The van der Waals surface area contributed by atoms with Crippen molar-refractivity contribution in [1.82, 2.24) is 25.8 Å². The van der Waals surface area contributed by atoms with Crippen molar-refractivity contribution in [3.05, 3.63) is 72.9 Å². The number of methoxy groups -OCH3 is 1. The Morgan fingerprint density at radius 1 is 0.872 bits per heavy atom. The number of anilines is 1. The molecule has 0 aliphatic carbocycles. The van der Waals surface area contributed by atoms with Crippen LogP contribution in [0.4, 0.5) is 10.5 Å². The van der Waals surface area contributed by atoms with Crippen LogP contribution in [-0.2, 0) is 9.59 Å². The number of barbiturate groups is 1. The minimum atomic E-state index is -1.46. The molecule has 1 spiro atoms. The molecular formula is C28H24N6O5. The molecule has 196 valence electrons. The normalized spacial score (nSPS) is 16.2. The van der Waals surface area contributed by atoms with Gasteiger partial charge in [0.05, 0.1) is 30.4 Å². The molecule has 2 aliphatic heterocycles. The number of pyridine rings is 1. The van der Waals surface area contributed by atoms with E-state index < -0.39 is 23.4 Å². The Hall–Kier alpha value is -5.19. The second-order valence-corrected chi connectivity index (χ2v) is 9.23. The van der Waals surface area contributed by atoms with Crippen molar-refractivity contribution in [2.24, 2.45) is 0 Å². The smallest absolute Gasteiger partial charge is 0.328 e. The topological polar surface area (TPSA) is 139 Å². The molecule has 11 nitrogen and oxygen atoms in total. The molecule has 0 radical (unpaired) electrons. The molecule has 2 saturated heterocycles. The number of nitrogens with zero attached hydrogens (tertiary/aromatic N) is 3. The molecule has 2 aromatic carbocycles. The zero-order chi connectivity index (χ0) is 27.0. The fourth-order valence-electron chi connectivity index (χ4n) is 4.98. The average Bonchev–Trinajstić information content (AvgIpc) is 3.62. The molecule has 2 aromatic heterocycles. The summed E-state index contributed by atoms with van der Waals surface area (Å²) in [6.07, 6.45) is 2.48. The van der Waals surface area contributed by atoms with Crippen LogP contribution in [0.3, 0.4) is 0 Å². The van der Waals surface area contributed by atoms with Gasteiger partial charge in [0.25, 0.3) is 11.8 Å². The van der Waals surface area contributed by atoms with Crippen LogP contribution >= 0.6 is 0 Å². The van der Waals surface area contributed by atoms with Crippen molar-refractivity contribution < 1.29 is 23.9 Å². The van der Waals surface area contributed by atoms with Gasteiger partial charge >= 0.3 is 6.03 Å². The highest BCUT2D eigenvalue weighted by Gasteiger charge is 2.57. The van der Waals surface area contributed by atoms with Crippen molar-refractivity contribution in [3.63, 3.8) is 0 Å². The van der Waals surface area contributed by atoms with Crippen LogP contribution < -0.4 is 25.0 Å². The van der Waals surface area contributed by atoms with Gasteiger partial charge in [0.2, 0.25) is 5.88 Å². The van der Waals surface area contributed by atoms with Crippen LogP contribution in [0.25, 0.3) is 22.5 Å². The number of ether oxygens (including phenoxy) is 2. The Labute approximate surface area is 223 Å². The zero-order valence-electron chi connectivity index (χ0n) is 20.9. The van der Waals surface area contributed by atoms with Gasteiger partial charge in [0.1, 0.15) is 11.5 Å². The minimum absolute atomic E-state index is 0.306. The van der Waals surface area contributed by atoms with Gasteiger partial charge in [0.15, 0.2) is 5.54 Å². The number of H-pyrrole nitrogens is 1. The molecule has 2 aliphatic rings. The van der Waals surface area contributed by atoms with Crippen LogP contribution in [0.15, 0.2) is 72.9 Å². The molecule has 6 rings (SSSR count). The van der Waals surface area contributed by atoms with Gasteiger partial charge in [-0.1, -0.05) is 0 Å². The molecule has 0 atom stereocenters. The summed E-state index contributed by atoms with van der Waals surface area (Å²) in [6, 6.07) is 19.8. The first-order chi connectivity index (χ1) is 19.0. The lowest BCUT2D eigenvalue weighted by atomic mass is 9.92. The molecule has 2 fully saturated rings. The maximum absolute atomic E-state index is 12.7. The predicted octanol–water partition coefficient (Wildman–Crippen LogP) is 3.64. The molecule has 0 saturated carbocycles. The Balaban J connectivity index is 1.14. The van der Waals surface area contributed by atoms with Crippen molar-refractivity contribution >= 4 is 23.5 Å². The van der Waals surface area contributed by atoms with E-state index in [0.717, 1.165) is 28.3 Å². The van der Waals surface area contributed by atoms with Gasteiger partial charge in [0, 0.05) is 18.2 Å². The van der Waals surface area contributed by atoms with E-state index >= 15 is 0 Å². The number of carbonyl (C=O) groups excluding carboxylic acids is 3. The molecule has 4 heterocycles. The summed E-state index contributed by atoms with van der Waals surface area (Å²) in [6.45, 7) is 0.478. The van der Waals surface area contributed by atoms with E-state index in [1.54, 1.807) is 30.3 Å². The highest BCUT2D eigenvalue weighted by molar-refractivity contribution is 6.24. The lowest BCUT2D eigenvalue weighted by molar-refractivity contribution is -0.137. The van der Waals surface area contributed by atoms with Gasteiger partial charge in [-0.25, -0.2) is 9.78 Å². The lowest BCUT2D eigenvalue weighted by Gasteiger charge is -2.38. The largest absolute Gasteiger partial charge is 0.497 e. The number of nitrogens with one attached hydrogen (secondary N) is 3. The molecule has 4 aromatic rings. The summed E-state index contributed by atoms with van der Waals surface area (Å²) in [5.41, 5.74) is 2.74. The Bertz CT molecular complexity index is 1530. The summed E-state index contributed by atoms with van der Waals surface area (Å²) < 4.78 is 11.1. The van der Waals surface area contributed by atoms with Crippen molar-refractivity contribution in [2.45, 2.75) is 18.4 Å². The van der Waals surface area contributed by atoms with Crippen LogP contribution in [0.5, 0.6) is 17.4 Å². The quantitative estimate of drug-likeness (QED) is 0.325. The number of rotatable bonds is 6. The summed E-state index contributed by atoms with van der Waals surface area (Å²) >= 11 is 0. The molecule has 11 heteroatoms. The van der Waals surface area contributed by atoms with Crippen LogP contribution in [0.2, 0.25) is 0 Å². The Kier molecular flexibility index (Phi) is 5.95. The number of amides is 4. The van der Waals surface area contributed by atoms with Crippen molar-refractivity contribution in [3.8, 4) is 39.9 Å².